The molecule has 10 heteroatoms. The van der Waals surface area contributed by atoms with Crippen LogP contribution in [0, 0.1) is 0 Å². The van der Waals surface area contributed by atoms with Crippen LogP contribution >= 0.6 is 0 Å². The summed E-state index contributed by atoms with van der Waals surface area (Å²) in [5, 5.41) is 13.1. The lowest BCUT2D eigenvalue weighted by molar-refractivity contribution is 0.0185. The Hall–Kier alpha value is 0.628. The number of likely N-dealkylation sites (N-methyl/N-ethyl adjacent to an activating group) is 1. The summed E-state index contributed by atoms with van der Waals surface area (Å²) >= 11 is 0. The average molecular weight is 695 g/mol. The molecule has 1 rings (SSSR count). The van der Waals surface area contributed by atoms with Gasteiger partial charge >= 0.3 is 0 Å². The lowest BCUT2D eigenvalue weighted by Gasteiger charge is -2.26. The molecule has 2 N–H and O–H groups in total. The van der Waals surface area contributed by atoms with Crippen LogP contribution < -0.4 is 5.32 Å². The van der Waals surface area contributed by atoms with Crippen LogP contribution in [0.1, 0.15) is 40.5 Å². The molecule has 0 amide bonds. The van der Waals surface area contributed by atoms with E-state index in [1.54, 1.807) is 0 Å². The van der Waals surface area contributed by atoms with Crippen LogP contribution in [-0.4, -0.2) is 120 Å². The Bertz CT molecular complexity index is 648. The van der Waals surface area contributed by atoms with Gasteiger partial charge in [0.1, 0.15) is 6.10 Å². The number of aliphatic hydroxyl groups is 1. The fourth-order valence-electron chi connectivity index (χ4n) is 4.66. The molecule has 268 valence electrons. The second kappa shape index (κ2) is 25.6. The molecule has 2 unspecified atom stereocenters. The highest BCUT2D eigenvalue weighted by Gasteiger charge is 2.26. The first-order valence-electron chi connectivity index (χ1n) is 18.2. The molecule has 0 radical (unpaired) electrons. The lowest BCUT2D eigenvalue weighted by Crippen LogP contribution is -2.35. The lowest BCUT2D eigenvalue weighted by atomic mass is 10.3. The normalized spacial score (nSPS) is 16.2. The Morgan fingerprint density at radius 2 is 1.14 bits per heavy atom. The van der Waals surface area contributed by atoms with Crippen molar-refractivity contribution in [2.24, 2.45) is 0 Å². The van der Waals surface area contributed by atoms with Gasteiger partial charge in [0.15, 0.2) is 0 Å². The van der Waals surface area contributed by atoms with E-state index in [0.717, 1.165) is 65.6 Å². The number of epoxide rings is 1. The van der Waals surface area contributed by atoms with Crippen LogP contribution in [0.3, 0.4) is 0 Å². The molecule has 44 heavy (non-hydrogen) atoms. The zero-order valence-electron chi connectivity index (χ0n) is 32.5. The monoisotopic (exact) mass is 695 g/mol. The zero-order valence-corrected chi connectivity index (χ0v) is 36.5. The van der Waals surface area contributed by atoms with Crippen molar-refractivity contribution in [1.82, 2.24) is 10.2 Å². The van der Waals surface area contributed by atoms with Crippen molar-refractivity contribution < 1.29 is 19.3 Å². The number of rotatable bonds is 24. The smallest absolute Gasteiger partial charge is 0.104 e. The molecule has 1 aliphatic heterocycles. The Balaban J connectivity index is 0. The largest absolute Gasteiger partial charge is 0.389 e. The minimum absolute atomic E-state index is 0.350. The predicted molar refractivity (Wildman–Crippen MR) is 209 cm³/mol. The maximum Gasteiger partial charge on any atom is 0.104 e. The molecule has 0 aromatic carbocycles. The molecule has 1 heterocycles. The third kappa shape index (κ3) is 35.5. The van der Waals surface area contributed by atoms with E-state index < -0.39 is 32.3 Å². The molecule has 0 aromatic rings. The van der Waals surface area contributed by atoms with Gasteiger partial charge in [-0.25, -0.2) is 0 Å². The van der Waals surface area contributed by atoms with Gasteiger partial charge in [0.25, 0.3) is 0 Å². The van der Waals surface area contributed by atoms with Gasteiger partial charge in [-0.15, -0.1) is 0 Å². The summed E-state index contributed by atoms with van der Waals surface area (Å²) in [5.74, 6) is 0. The van der Waals surface area contributed by atoms with Crippen LogP contribution in [0.4, 0.5) is 0 Å². The molecule has 0 spiro atoms. The Morgan fingerprint density at radius 3 is 1.48 bits per heavy atom. The van der Waals surface area contributed by atoms with Crippen LogP contribution in [0.15, 0.2) is 0 Å². The van der Waals surface area contributed by atoms with Crippen LogP contribution in [-0.2, 0) is 14.2 Å². The summed E-state index contributed by atoms with van der Waals surface area (Å²) in [6, 6.07) is 8.72. The third-order valence-electron chi connectivity index (χ3n) is 8.27. The van der Waals surface area contributed by atoms with Gasteiger partial charge in [-0.1, -0.05) is 129 Å². The minimum Gasteiger partial charge on any atom is -0.389 e. The summed E-state index contributed by atoms with van der Waals surface area (Å²) in [6.45, 7) is 42.3. The molecule has 6 nitrogen and oxygen atoms in total. The van der Waals surface area contributed by atoms with E-state index in [2.05, 4.69) is 103 Å². The minimum atomic E-state index is -1.04. The Labute approximate surface area is 281 Å². The number of ether oxygens (including phenoxy) is 3. The Kier molecular flexibility index (Phi) is 27.2. The first kappa shape index (κ1) is 46.7. The van der Waals surface area contributed by atoms with Gasteiger partial charge in [0.05, 0.1) is 25.9 Å². The quantitative estimate of drug-likeness (QED) is 0.0600. The van der Waals surface area contributed by atoms with Gasteiger partial charge < -0.3 is 29.5 Å². The van der Waals surface area contributed by atoms with Crippen LogP contribution in [0.2, 0.25) is 102 Å². The molecule has 0 aliphatic carbocycles. The van der Waals surface area contributed by atoms with Crippen molar-refractivity contribution in [2.75, 3.05) is 65.8 Å². The molecule has 1 fully saturated rings. The highest BCUT2D eigenvalue weighted by Crippen LogP contribution is 2.25. The van der Waals surface area contributed by atoms with E-state index in [1.807, 2.05) is 0 Å². The number of nitrogens with one attached hydrogen (secondary N) is 1. The van der Waals surface area contributed by atoms with E-state index in [4.69, 9.17) is 14.2 Å². The van der Waals surface area contributed by atoms with Gasteiger partial charge in [0.2, 0.25) is 0 Å². The number of nitrogens with zero attached hydrogens (tertiary/aromatic N) is 1. The molecule has 0 saturated carbocycles. The number of hydrogen-bond donors (Lipinski definition) is 2. The second-order valence-corrected chi connectivity index (χ2v) is 38.8. The van der Waals surface area contributed by atoms with Gasteiger partial charge in [-0.2, -0.15) is 0 Å². The van der Waals surface area contributed by atoms with Gasteiger partial charge in [0, 0.05) is 52.1 Å². The fourth-order valence-corrected chi connectivity index (χ4v) is 18.8. The molecule has 1 saturated heterocycles. The molecular weight excluding hydrogens is 613 g/mol. The highest BCUT2D eigenvalue weighted by atomic mass is 28.3. The van der Waals surface area contributed by atoms with E-state index in [0.29, 0.717) is 12.7 Å². The van der Waals surface area contributed by atoms with Crippen LogP contribution in [0.5, 0.6) is 0 Å². The van der Waals surface area contributed by atoms with Crippen LogP contribution in [0.25, 0.3) is 0 Å². The SMILES string of the molecule is CCN(CC)CC(O)COCCC[Si](C)(C)CC[Si](C)(C)C.CCNCC.C[Si](C)(C)CC[Si](C)(C)CCCOCC1CO1. The maximum atomic E-state index is 9.96. The van der Waals surface area contributed by atoms with Crippen molar-refractivity contribution in [3.63, 3.8) is 0 Å². The maximum absolute atomic E-state index is 9.96. The van der Waals surface area contributed by atoms with E-state index >= 15 is 0 Å². The van der Waals surface area contributed by atoms with E-state index in [1.165, 1.54) is 42.7 Å². The molecule has 2 atom stereocenters. The van der Waals surface area contributed by atoms with Crippen molar-refractivity contribution in [1.29, 1.82) is 0 Å². The van der Waals surface area contributed by atoms with Crippen molar-refractivity contribution in [3.05, 3.63) is 0 Å². The zero-order chi connectivity index (χ0) is 34.3. The topological polar surface area (TPSA) is 66.5 Å². The third-order valence-corrected chi connectivity index (χ3v) is 19.4. The van der Waals surface area contributed by atoms with Crippen molar-refractivity contribution >= 4 is 32.3 Å². The predicted octanol–water partition coefficient (Wildman–Crippen LogP) is 8.60. The van der Waals surface area contributed by atoms with Gasteiger partial charge in [-0.05, 0) is 39.0 Å². The molecule has 0 bridgehead atoms. The van der Waals surface area contributed by atoms with E-state index in [9.17, 15) is 5.11 Å². The summed E-state index contributed by atoms with van der Waals surface area (Å²) in [7, 11) is -3.73. The first-order chi connectivity index (χ1) is 20.3. The molecule has 0 aromatic heterocycles. The Morgan fingerprint density at radius 1 is 0.705 bits per heavy atom. The molecule has 1 aliphatic rings. The fraction of sp³-hybridized carbons (Fsp3) is 1.00. The highest BCUT2D eigenvalue weighted by molar-refractivity contribution is 6.82. The number of hydrogen-bond acceptors (Lipinski definition) is 6. The molecular formula is C34H82N2O4Si4. The first-order valence-corrected chi connectivity index (χ1v) is 32.4. The van der Waals surface area contributed by atoms with Crippen molar-refractivity contribution in [3.8, 4) is 0 Å². The summed E-state index contributed by atoms with van der Waals surface area (Å²) in [5.41, 5.74) is 0. The average Bonchev–Trinajstić information content (AvgIpc) is 3.74. The number of aliphatic hydroxyl groups excluding tert-OH is 1. The van der Waals surface area contributed by atoms with Gasteiger partial charge in [-0.3, -0.25) is 0 Å². The summed E-state index contributed by atoms with van der Waals surface area (Å²) < 4.78 is 16.4. The van der Waals surface area contributed by atoms with Crippen molar-refractivity contribution in [2.45, 2.75) is 154 Å². The standard InChI is InChI=1S/C17H41NO2Si2.C13H30O2Si2.C4H11N/c1-8-18(9-2)15-17(19)16-20-11-10-12-22(6,7)14-13-21(3,4)5;1-16(2,3)9-10-17(4,5)8-6-7-14-11-13-12-15-13;1-3-5-4-2/h17,19H,8-16H2,1-7H3;13H,6-12H2,1-5H3;5H,3-4H2,1-2H3. The summed E-state index contributed by atoms with van der Waals surface area (Å²) in [4.78, 5) is 2.24. The van der Waals surface area contributed by atoms with E-state index in [-0.39, 0.29) is 6.10 Å². The summed E-state index contributed by atoms with van der Waals surface area (Å²) in [6.07, 6.45) is 2.48. The second-order valence-electron chi connectivity index (χ2n) is 16.9.